The highest BCUT2D eigenvalue weighted by molar-refractivity contribution is 8.00. The van der Waals surface area contributed by atoms with Crippen molar-refractivity contribution >= 4 is 23.7 Å². The molecule has 1 heterocycles. The topological polar surface area (TPSA) is 98.1 Å². The molecule has 0 saturated heterocycles. The predicted molar refractivity (Wildman–Crippen MR) is 98.9 cm³/mol. The molecular formula is C17H20FN5O3S. The average molecular weight is 393 g/mol. The van der Waals surface area contributed by atoms with E-state index in [2.05, 4.69) is 27.4 Å². The van der Waals surface area contributed by atoms with Gasteiger partial charge in [0.1, 0.15) is 18.2 Å². The number of nitrogens with zero attached hydrogens (tertiary/aromatic N) is 3. The van der Waals surface area contributed by atoms with Crippen LogP contribution in [0, 0.1) is 5.82 Å². The van der Waals surface area contributed by atoms with E-state index in [0.29, 0.717) is 23.3 Å². The van der Waals surface area contributed by atoms with Crippen LogP contribution in [0.2, 0.25) is 0 Å². The molecular weight excluding hydrogens is 373 g/mol. The van der Waals surface area contributed by atoms with Crippen molar-refractivity contribution in [3.05, 3.63) is 48.6 Å². The summed E-state index contributed by atoms with van der Waals surface area (Å²) in [5, 5.41) is 12.6. The minimum Gasteiger partial charge on any atom is -0.486 e. The standard InChI is InChI=1S/C17H20FN5O3S/c1-4-9-23-14(10-26-13-7-5-12(18)6-8-13)21-22-17(23)27-11(2)15(24)20-16(25)19-3/h4-8,11H,1,9-10H2,2-3H3,(H2,19,20,24,25)/t11-/m1/s1. The molecule has 3 amide bonds. The normalized spacial score (nSPS) is 11.5. The Morgan fingerprint density at radius 1 is 1.37 bits per heavy atom. The fraction of sp³-hybridized carbons (Fsp3) is 0.294. The number of rotatable bonds is 8. The Kier molecular flexibility index (Phi) is 7.35. The molecule has 0 aliphatic rings. The van der Waals surface area contributed by atoms with Gasteiger partial charge in [0.2, 0.25) is 5.91 Å². The van der Waals surface area contributed by atoms with E-state index in [1.54, 1.807) is 17.6 Å². The SMILES string of the molecule is C=CCn1c(COc2ccc(F)cc2)nnc1S[C@H](C)C(=O)NC(=O)NC. The average Bonchev–Trinajstić information content (AvgIpc) is 3.03. The highest BCUT2D eigenvalue weighted by Gasteiger charge is 2.21. The van der Waals surface area contributed by atoms with Crippen molar-refractivity contribution in [3.63, 3.8) is 0 Å². The Morgan fingerprint density at radius 2 is 2.07 bits per heavy atom. The van der Waals surface area contributed by atoms with E-state index in [-0.39, 0.29) is 12.4 Å². The Labute approximate surface area is 160 Å². The van der Waals surface area contributed by atoms with Gasteiger partial charge in [-0.05, 0) is 31.2 Å². The molecule has 27 heavy (non-hydrogen) atoms. The summed E-state index contributed by atoms with van der Waals surface area (Å²) in [5.74, 6) is 0.231. The summed E-state index contributed by atoms with van der Waals surface area (Å²) in [7, 11) is 1.43. The molecule has 1 aromatic heterocycles. The first-order chi connectivity index (χ1) is 12.9. The molecule has 144 valence electrons. The molecule has 8 nitrogen and oxygen atoms in total. The lowest BCUT2D eigenvalue weighted by atomic mass is 10.3. The monoisotopic (exact) mass is 393 g/mol. The van der Waals surface area contributed by atoms with Crippen LogP contribution in [0.5, 0.6) is 5.75 Å². The van der Waals surface area contributed by atoms with E-state index in [4.69, 9.17) is 4.74 Å². The van der Waals surface area contributed by atoms with Gasteiger partial charge in [-0.1, -0.05) is 17.8 Å². The number of ether oxygens (including phenoxy) is 1. The summed E-state index contributed by atoms with van der Waals surface area (Å²) in [5.41, 5.74) is 0. The lowest BCUT2D eigenvalue weighted by Gasteiger charge is -2.12. The number of hydrogen-bond donors (Lipinski definition) is 2. The second kappa shape index (κ2) is 9.72. The zero-order chi connectivity index (χ0) is 19.8. The number of amides is 3. The number of nitrogens with one attached hydrogen (secondary N) is 2. The molecule has 0 radical (unpaired) electrons. The van der Waals surface area contributed by atoms with Crippen molar-refractivity contribution in [2.75, 3.05) is 7.05 Å². The van der Waals surface area contributed by atoms with Gasteiger partial charge in [-0.3, -0.25) is 14.7 Å². The van der Waals surface area contributed by atoms with E-state index in [0.717, 1.165) is 11.8 Å². The largest absolute Gasteiger partial charge is 0.486 e. The van der Waals surface area contributed by atoms with Crippen LogP contribution in [0.15, 0.2) is 42.1 Å². The molecule has 10 heteroatoms. The molecule has 2 N–H and O–H groups in total. The second-order valence-electron chi connectivity index (χ2n) is 5.37. The van der Waals surface area contributed by atoms with Crippen molar-refractivity contribution in [2.45, 2.75) is 30.5 Å². The number of benzene rings is 1. The molecule has 0 aliphatic carbocycles. The fourth-order valence-electron chi connectivity index (χ4n) is 1.99. The van der Waals surface area contributed by atoms with Gasteiger partial charge in [0.25, 0.3) is 0 Å². The van der Waals surface area contributed by atoms with Crippen LogP contribution in [0.4, 0.5) is 9.18 Å². The molecule has 0 saturated carbocycles. The third kappa shape index (κ3) is 5.81. The number of halogens is 1. The number of aromatic nitrogens is 3. The van der Waals surface area contributed by atoms with Crippen LogP contribution in [-0.4, -0.2) is 39.0 Å². The van der Waals surface area contributed by atoms with Gasteiger partial charge in [-0.2, -0.15) is 0 Å². The first kappa shape index (κ1) is 20.4. The maximum absolute atomic E-state index is 13.0. The van der Waals surface area contributed by atoms with E-state index >= 15 is 0 Å². The number of thioether (sulfide) groups is 1. The molecule has 0 fully saturated rings. The van der Waals surface area contributed by atoms with Crippen molar-refractivity contribution in [1.82, 2.24) is 25.4 Å². The maximum atomic E-state index is 13.0. The van der Waals surface area contributed by atoms with Crippen molar-refractivity contribution in [3.8, 4) is 5.75 Å². The van der Waals surface area contributed by atoms with Gasteiger partial charge >= 0.3 is 6.03 Å². The number of imide groups is 1. The van der Waals surface area contributed by atoms with Crippen molar-refractivity contribution < 1.29 is 18.7 Å². The number of carbonyl (C=O) groups excluding carboxylic acids is 2. The highest BCUT2D eigenvalue weighted by Crippen LogP contribution is 2.23. The summed E-state index contributed by atoms with van der Waals surface area (Å²) in [6.45, 7) is 5.90. The number of urea groups is 1. The lowest BCUT2D eigenvalue weighted by Crippen LogP contribution is -2.41. The Morgan fingerprint density at radius 3 is 2.70 bits per heavy atom. The van der Waals surface area contributed by atoms with Crippen molar-refractivity contribution in [1.29, 1.82) is 0 Å². The summed E-state index contributed by atoms with van der Waals surface area (Å²) in [4.78, 5) is 23.3. The quantitative estimate of drug-likeness (QED) is 0.527. The van der Waals surface area contributed by atoms with Crippen LogP contribution in [0.1, 0.15) is 12.7 Å². The Balaban J connectivity index is 2.06. The fourth-order valence-corrected chi connectivity index (χ4v) is 2.87. The van der Waals surface area contributed by atoms with Crippen LogP contribution >= 0.6 is 11.8 Å². The zero-order valence-electron chi connectivity index (χ0n) is 14.9. The van der Waals surface area contributed by atoms with E-state index < -0.39 is 17.2 Å². The molecule has 1 aromatic carbocycles. The summed E-state index contributed by atoms with van der Waals surface area (Å²) >= 11 is 1.16. The Bertz CT molecular complexity index is 809. The third-order valence-corrected chi connectivity index (χ3v) is 4.48. The van der Waals surface area contributed by atoms with Crippen LogP contribution in [0.25, 0.3) is 0 Å². The first-order valence-corrected chi connectivity index (χ1v) is 8.93. The van der Waals surface area contributed by atoms with Crippen LogP contribution in [0.3, 0.4) is 0 Å². The third-order valence-electron chi connectivity index (χ3n) is 3.40. The Hall–Kier alpha value is -2.88. The predicted octanol–water partition coefficient (Wildman–Crippen LogP) is 2.12. The molecule has 2 rings (SSSR count). The van der Waals surface area contributed by atoms with Gasteiger partial charge in [0, 0.05) is 13.6 Å². The molecule has 1 atom stereocenters. The van der Waals surface area contributed by atoms with E-state index in [1.807, 2.05) is 0 Å². The van der Waals surface area contributed by atoms with Gasteiger partial charge in [-0.15, -0.1) is 16.8 Å². The van der Waals surface area contributed by atoms with E-state index in [9.17, 15) is 14.0 Å². The second-order valence-corrected chi connectivity index (χ2v) is 6.68. The molecule has 2 aromatic rings. The van der Waals surface area contributed by atoms with Crippen LogP contribution in [-0.2, 0) is 17.9 Å². The van der Waals surface area contributed by atoms with Crippen LogP contribution < -0.4 is 15.4 Å². The molecule has 0 aliphatic heterocycles. The summed E-state index contributed by atoms with van der Waals surface area (Å²) in [6.07, 6.45) is 1.67. The minimum atomic E-state index is -0.576. The number of allylic oxidation sites excluding steroid dienone is 1. The molecule has 0 unspecified atom stereocenters. The minimum absolute atomic E-state index is 0.117. The molecule has 0 bridgehead atoms. The van der Waals surface area contributed by atoms with E-state index in [1.165, 1.54) is 31.3 Å². The lowest BCUT2D eigenvalue weighted by molar-refractivity contribution is -0.119. The number of hydrogen-bond acceptors (Lipinski definition) is 6. The smallest absolute Gasteiger partial charge is 0.321 e. The first-order valence-electron chi connectivity index (χ1n) is 8.05. The summed E-state index contributed by atoms with van der Waals surface area (Å²) < 4.78 is 20.3. The van der Waals surface area contributed by atoms with Gasteiger partial charge < -0.3 is 10.1 Å². The van der Waals surface area contributed by atoms with Crippen molar-refractivity contribution in [2.24, 2.45) is 0 Å². The van der Waals surface area contributed by atoms with Gasteiger partial charge in [-0.25, -0.2) is 9.18 Å². The number of carbonyl (C=O) groups is 2. The van der Waals surface area contributed by atoms with Gasteiger partial charge in [0.15, 0.2) is 11.0 Å². The summed E-state index contributed by atoms with van der Waals surface area (Å²) in [6, 6.07) is 5.07. The zero-order valence-corrected chi connectivity index (χ0v) is 15.8. The maximum Gasteiger partial charge on any atom is 0.321 e. The van der Waals surface area contributed by atoms with Gasteiger partial charge in [0.05, 0.1) is 5.25 Å². The molecule has 0 spiro atoms. The highest BCUT2D eigenvalue weighted by atomic mass is 32.2.